The van der Waals surface area contributed by atoms with E-state index in [1.54, 1.807) is 6.07 Å². The Morgan fingerprint density at radius 3 is 2.53 bits per heavy atom. The lowest BCUT2D eigenvalue weighted by molar-refractivity contribution is -0.333. The van der Waals surface area contributed by atoms with Gasteiger partial charge in [-0.2, -0.15) is 13.2 Å². The fourth-order valence-electron chi connectivity index (χ4n) is 2.94. The molecule has 1 aromatic carbocycles. The van der Waals surface area contributed by atoms with Crippen LogP contribution in [0.4, 0.5) is 32.8 Å². The summed E-state index contributed by atoms with van der Waals surface area (Å²) in [5, 5.41) is 9.34. The Morgan fingerprint density at radius 1 is 1.13 bits per heavy atom. The van der Waals surface area contributed by atoms with Gasteiger partial charge < -0.3 is 14.8 Å². The van der Waals surface area contributed by atoms with E-state index in [1.165, 1.54) is 36.5 Å². The minimum atomic E-state index is -4.63. The van der Waals surface area contributed by atoms with Crippen LogP contribution < -0.4 is 10.1 Å². The molecule has 1 fully saturated rings. The maximum atomic E-state index is 13.7. The average Bonchev–Trinajstić information content (AvgIpc) is 3.11. The van der Waals surface area contributed by atoms with Crippen LogP contribution in [0.15, 0.2) is 42.6 Å². The molecular formula is C18H13F5N4O2S. The summed E-state index contributed by atoms with van der Waals surface area (Å²) in [7, 11) is 0. The number of anilines is 2. The van der Waals surface area contributed by atoms with Gasteiger partial charge >= 0.3 is 6.18 Å². The number of ether oxygens (including phenoxy) is 2. The van der Waals surface area contributed by atoms with Crippen molar-refractivity contribution in [2.75, 3.05) is 11.9 Å². The molecule has 0 saturated carbocycles. The summed E-state index contributed by atoms with van der Waals surface area (Å²) in [5.74, 6) is -0.141. The number of halogens is 5. The van der Waals surface area contributed by atoms with E-state index < -0.39 is 23.2 Å². The summed E-state index contributed by atoms with van der Waals surface area (Å²) in [6, 6.07) is 8.72. The van der Waals surface area contributed by atoms with Gasteiger partial charge in [-0.25, -0.2) is 13.8 Å². The van der Waals surface area contributed by atoms with Crippen molar-refractivity contribution in [3.63, 3.8) is 0 Å². The lowest BCUT2D eigenvalue weighted by Crippen LogP contribution is -2.52. The van der Waals surface area contributed by atoms with Crippen molar-refractivity contribution in [3.8, 4) is 11.6 Å². The van der Waals surface area contributed by atoms with Crippen molar-refractivity contribution >= 4 is 22.2 Å². The van der Waals surface area contributed by atoms with E-state index in [0.29, 0.717) is 11.3 Å². The standard InChI is InChI=1S/C18H13F5N4O2S/c19-13(20)15-26-27-16(30-15)25-11-5-3-8-24-14(11)29-12-6-2-1-4-10(12)17(7-9-28-17)18(21,22)23/h1-6,8,13H,7,9H2,(H,25,27). The molecule has 1 saturated heterocycles. The first-order chi connectivity index (χ1) is 14.3. The first kappa shape index (κ1) is 20.4. The van der Waals surface area contributed by atoms with Crippen LogP contribution in [0.25, 0.3) is 0 Å². The molecule has 3 aromatic rings. The molecule has 4 rings (SSSR count). The van der Waals surface area contributed by atoms with Crippen LogP contribution >= 0.6 is 11.3 Å². The first-order valence-electron chi connectivity index (χ1n) is 8.62. The van der Waals surface area contributed by atoms with Crippen molar-refractivity contribution < 1.29 is 31.4 Å². The Balaban J connectivity index is 1.65. The molecule has 1 aliphatic heterocycles. The van der Waals surface area contributed by atoms with Gasteiger partial charge in [0.15, 0.2) is 10.6 Å². The predicted octanol–water partition coefficient (Wildman–Crippen LogP) is 5.58. The van der Waals surface area contributed by atoms with Crippen molar-refractivity contribution in [2.24, 2.45) is 0 Å². The maximum absolute atomic E-state index is 13.7. The number of rotatable bonds is 6. The van der Waals surface area contributed by atoms with E-state index in [9.17, 15) is 22.0 Å². The van der Waals surface area contributed by atoms with Gasteiger partial charge in [-0.1, -0.05) is 29.5 Å². The highest BCUT2D eigenvalue weighted by atomic mass is 32.1. The molecule has 0 radical (unpaired) electrons. The van der Waals surface area contributed by atoms with E-state index in [1.807, 2.05) is 0 Å². The minimum absolute atomic E-state index is 0.0201. The van der Waals surface area contributed by atoms with Crippen molar-refractivity contribution in [3.05, 3.63) is 53.2 Å². The Hall–Kier alpha value is -2.86. The number of pyridine rings is 1. The van der Waals surface area contributed by atoms with E-state index in [2.05, 4.69) is 20.5 Å². The second-order valence-electron chi connectivity index (χ2n) is 6.25. The lowest BCUT2D eigenvalue weighted by atomic mass is 9.85. The fraction of sp³-hybridized carbons (Fsp3) is 0.278. The Kier molecular flexibility index (Phi) is 5.28. The van der Waals surface area contributed by atoms with Crippen LogP contribution in [0, 0.1) is 0 Å². The van der Waals surface area contributed by atoms with E-state index >= 15 is 0 Å². The highest BCUT2D eigenvalue weighted by Gasteiger charge is 2.62. The summed E-state index contributed by atoms with van der Waals surface area (Å²) in [5.41, 5.74) is -2.40. The number of benzene rings is 1. The van der Waals surface area contributed by atoms with Crippen LogP contribution in [0.3, 0.4) is 0 Å². The Morgan fingerprint density at radius 2 is 1.90 bits per heavy atom. The van der Waals surface area contributed by atoms with Crippen LogP contribution in [0.1, 0.15) is 23.4 Å². The molecule has 0 spiro atoms. The molecule has 6 nitrogen and oxygen atoms in total. The number of hydrogen-bond acceptors (Lipinski definition) is 7. The molecule has 30 heavy (non-hydrogen) atoms. The van der Waals surface area contributed by atoms with Crippen LogP contribution in [-0.2, 0) is 10.3 Å². The molecule has 158 valence electrons. The normalized spacial score (nSPS) is 18.9. The molecule has 2 aromatic heterocycles. The monoisotopic (exact) mass is 444 g/mol. The zero-order valence-electron chi connectivity index (χ0n) is 15.0. The topological polar surface area (TPSA) is 69.2 Å². The second kappa shape index (κ2) is 7.76. The molecule has 1 atom stereocenters. The van der Waals surface area contributed by atoms with Crippen LogP contribution in [0.2, 0.25) is 0 Å². The molecule has 3 heterocycles. The summed E-state index contributed by atoms with van der Waals surface area (Å²) in [6.07, 6.45) is -6.25. The summed E-state index contributed by atoms with van der Waals surface area (Å²) >= 11 is 0.639. The number of nitrogens with one attached hydrogen (secondary N) is 1. The van der Waals surface area contributed by atoms with Crippen molar-refractivity contribution in [2.45, 2.75) is 24.6 Å². The average molecular weight is 444 g/mol. The minimum Gasteiger partial charge on any atom is -0.437 e. The highest BCUT2D eigenvalue weighted by molar-refractivity contribution is 7.15. The van der Waals surface area contributed by atoms with Gasteiger partial charge in [0.1, 0.15) is 11.4 Å². The van der Waals surface area contributed by atoms with Gasteiger partial charge in [-0.15, -0.1) is 10.2 Å². The SMILES string of the molecule is FC(F)c1nnc(Nc2cccnc2Oc2ccccc2C2(C(F)(F)F)CCO2)s1. The van der Waals surface area contributed by atoms with Gasteiger partial charge in [-0.3, -0.25) is 0 Å². The zero-order chi connectivity index (χ0) is 21.4. The van der Waals surface area contributed by atoms with E-state index in [-0.39, 0.29) is 41.0 Å². The molecule has 12 heteroatoms. The van der Waals surface area contributed by atoms with Crippen molar-refractivity contribution in [1.82, 2.24) is 15.2 Å². The summed E-state index contributed by atoms with van der Waals surface area (Å²) in [6.45, 7) is -0.0201. The van der Waals surface area contributed by atoms with Gasteiger partial charge in [0.2, 0.25) is 11.0 Å². The van der Waals surface area contributed by atoms with Crippen molar-refractivity contribution in [1.29, 1.82) is 0 Å². The quantitative estimate of drug-likeness (QED) is 0.501. The van der Waals surface area contributed by atoms with Gasteiger partial charge in [0.25, 0.3) is 6.43 Å². The Bertz CT molecular complexity index is 1040. The number of nitrogens with zero attached hydrogens (tertiary/aromatic N) is 3. The largest absolute Gasteiger partial charge is 0.437 e. The predicted molar refractivity (Wildman–Crippen MR) is 97.2 cm³/mol. The third-order valence-corrected chi connectivity index (χ3v) is 5.28. The molecule has 0 amide bonds. The summed E-state index contributed by atoms with van der Waals surface area (Å²) < 4.78 is 77.2. The molecule has 0 bridgehead atoms. The fourth-order valence-corrected chi connectivity index (χ4v) is 3.56. The second-order valence-corrected chi connectivity index (χ2v) is 7.26. The highest BCUT2D eigenvalue weighted by Crippen LogP contribution is 2.53. The maximum Gasteiger partial charge on any atom is 0.421 e. The molecule has 1 unspecified atom stereocenters. The van der Waals surface area contributed by atoms with Gasteiger partial charge in [0.05, 0.1) is 6.61 Å². The smallest absolute Gasteiger partial charge is 0.421 e. The lowest BCUT2D eigenvalue weighted by Gasteiger charge is -2.43. The molecular weight excluding hydrogens is 431 g/mol. The van der Waals surface area contributed by atoms with Gasteiger partial charge in [0, 0.05) is 18.2 Å². The third-order valence-electron chi connectivity index (χ3n) is 4.43. The third kappa shape index (κ3) is 3.67. The van der Waals surface area contributed by atoms with E-state index in [4.69, 9.17) is 9.47 Å². The summed E-state index contributed by atoms with van der Waals surface area (Å²) in [4.78, 5) is 4.04. The number of aromatic nitrogens is 3. The number of hydrogen-bond donors (Lipinski definition) is 1. The molecule has 0 aliphatic carbocycles. The zero-order valence-corrected chi connectivity index (χ0v) is 15.8. The van der Waals surface area contributed by atoms with Crippen LogP contribution in [-0.4, -0.2) is 28.0 Å². The Labute approximate surface area is 170 Å². The van der Waals surface area contributed by atoms with Crippen LogP contribution in [0.5, 0.6) is 11.6 Å². The first-order valence-corrected chi connectivity index (χ1v) is 9.43. The van der Waals surface area contributed by atoms with E-state index in [0.717, 1.165) is 0 Å². The molecule has 1 N–H and O–H groups in total. The number of para-hydroxylation sites is 1. The number of alkyl halides is 5. The molecule has 1 aliphatic rings. The van der Waals surface area contributed by atoms with Gasteiger partial charge in [-0.05, 0) is 18.2 Å².